The first-order valence-electron chi connectivity index (χ1n) is 10.0. The van der Waals surface area contributed by atoms with Gasteiger partial charge in [0.1, 0.15) is 12.4 Å². The predicted octanol–water partition coefficient (Wildman–Crippen LogP) is 4.38. The first-order valence-corrected chi connectivity index (χ1v) is 10.0. The Bertz CT molecular complexity index is 703. The van der Waals surface area contributed by atoms with Crippen LogP contribution in [0.3, 0.4) is 0 Å². The molecule has 1 heterocycles. The molecular weight excluding hydrogens is 334 g/mol. The Kier molecular flexibility index (Phi) is 7.49. The third-order valence-electron chi connectivity index (χ3n) is 5.29. The highest BCUT2D eigenvalue weighted by molar-refractivity contribution is 5.30. The standard InChI is InChI=1S/C24H31NO2/c1-2-6-20-10-12-24(13-11-20)27-19-22-8-4-3-7-21(22)9-5-16-25-17-14-23(26)15-18-25/h2-4,7-8,10-13,23,26H,1,5-6,9,14-19H2. The summed E-state index contributed by atoms with van der Waals surface area (Å²) in [5.74, 6) is 0.907. The van der Waals surface area contributed by atoms with Crippen molar-refractivity contribution in [1.29, 1.82) is 0 Å². The van der Waals surface area contributed by atoms with E-state index in [-0.39, 0.29) is 6.10 Å². The smallest absolute Gasteiger partial charge is 0.119 e. The molecule has 1 aliphatic heterocycles. The van der Waals surface area contributed by atoms with E-state index in [9.17, 15) is 5.11 Å². The minimum absolute atomic E-state index is 0.0926. The number of aliphatic hydroxyl groups is 1. The number of piperidine rings is 1. The molecule has 0 saturated carbocycles. The van der Waals surface area contributed by atoms with Crippen LogP contribution in [-0.2, 0) is 19.4 Å². The largest absolute Gasteiger partial charge is 0.489 e. The molecule has 1 aliphatic rings. The van der Waals surface area contributed by atoms with Crippen molar-refractivity contribution in [3.05, 3.63) is 77.9 Å². The number of nitrogens with zero attached hydrogens (tertiary/aromatic N) is 1. The number of likely N-dealkylation sites (tertiary alicyclic amines) is 1. The summed E-state index contributed by atoms with van der Waals surface area (Å²) in [4.78, 5) is 2.47. The molecule has 0 spiro atoms. The Labute approximate surface area is 163 Å². The molecule has 2 aromatic rings. The number of aryl methyl sites for hydroxylation is 1. The van der Waals surface area contributed by atoms with Crippen LogP contribution in [0.15, 0.2) is 61.2 Å². The van der Waals surface area contributed by atoms with Gasteiger partial charge in [-0.1, -0.05) is 42.5 Å². The Balaban J connectivity index is 1.49. The second kappa shape index (κ2) is 10.3. The van der Waals surface area contributed by atoms with Crippen LogP contribution in [0.4, 0.5) is 0 Å². The van der Waals surface area contributed by atoms with E-state index in [4.69, 9.17) is 4.74 Å². The molecule has 3 rings (SSSR count). The highest BCUT2D eigenvalue weighted by Crippen LogP contribution is 2.18. The summed E-state index contributed by atoms with van der Waals surface area (Å²) in [6, 6.07) is 16.8. The van der Waals surface area contributed by atoms with Gasteiger partial charge in [-0.15, -0.1) is 6.58 Å². The van der Waals surface area contributed by atoms with Gasteiger partial charge in [0.15, 0.2) is 0 Å². The normalized spacial score (nSPS) is 15.6. The second-order valence-electron chi connectivity index (χ2n) is 7.37. The first kappa shape index (κ1) is 19.7. The highest BCUT2D eigenvalue weighted by atomic mass is 16.5. The fourth-order valence-corrected chi connectivity index (χ4v) is 3.63. The summed E-state index contributed by atoms with van der Waals surface area (Å²) in [6.45, 7) is 7.53. The van der Waals surface area contributed by atoms with Gasteiger partial charge < -0.3 is 14.7 Å². The fraction of sp³-hybridized carbons (Fsp3) is 0.417. The maximum absolute atomic E-state index is 9.62. The van der Waals surface area contributed by atoms with Crippen LogP contribution < -0.4 is 4.74 Å². The van der Waals surface area contributed by atoms with Crippen molar-refractivity contribution in [2.75, 3.05) is 19.6 Å². The molecule has 1 saturated heterocycles. The zero-order valence-electron chi connectivity index (χ0n) is 16.1. The first-order chi connectivity index (χ1) is 13.2. The summed E-state index contributed by atoms with van der Waals surface area (Å²) < 4.78 is 6.01. The van der Waals surface area contributed by atoms with E-state index in [1.807, 2.05) is 18.2 Å². The van der Waals surface area contributed by atoms with Crippen LogP contribution in [0.25, 0.3) is 0 Å². The Hall–Kier alpha value is -2.10. The number of aliphatic hydroxyl groups excluding tert-OH is 1. The maximum atomic E-state index is 9.62. The average Bonchev–Trinajstić information content (AvgIpc) is 2.70. The molecule has 0 amide bonds. The second-order valence-corrected chi connectivity index (χ2v) is 7.37. The van der Waals surface area contributed by atoms with E-state index in [0.717, 1.165) is 57.5 Å². The molecular formula is C24H31NO2. The molecule has 1 fully saturated rings. The number of benzene rings is 2. The summed E-state index contributed by atoms with van der Waals surface area (Å²) in [5.41, 5.74) is 3.89. The molecule has 144 valence electrons. The lowest BCUT2D eigenvalue weighted by atomic mass is 10.0. The topological polar surface area (TPSA) is 32.7 Å². The van der Waals surface area contributed by atoms with Crippen LogP contribution in [0.2, 0.25) is 0 Å². The predicted molar refractivity (Wildman–Crippen MR) is 111 cm³/mol. The van der Waals surface area contributed by atoms with E-state index in [0.29, 0.717) is 6.61 Å². The van der Waals surface area contributed by atoms with Crippen molar-refractivity contribution in [2.45, 2.75) is 44.8 Å². The average molecular weight is 366 g/mol. The minimum Gasteiger partial charge on any atom is -0.489 e. The minimum atomic E-state index is -0.0926. The van der Waals surface area contributed by atoms with Crippen LogP contribution in [0.5, 0.6) is 5.75 Å². The van der Waals surface area contributed by atoms with Gasteiger partial charge in [-0.3, -0.25) is 0 Å². The highest BCUT2D eigenvalue weighted by Gasteiger charge is 2.16. The molecule has 1 N–H and O–H groups in total. The molecule has 3 nitrogen and oxygen atoms in total. The van der Waals surface area contributed by atoms with Gasteiger partial charge in [0, 0.05) is 13.1 Å². The van der Waals surface area contributed by atoms with Gasteiger partial charge >= 0.3 is 0 Å². The summed E-state index contributed by atoms with van der Waals surface area (Å²) >= 11 is 0. The number of allylic oxidation sites excluding steroid dienone is 1. The van der Waals surface area contributed by atoms with E-state index in [1.54, 1.807) is 0 Å². The lowest BCUT2D eigenvalue weighted by Crippen LogP contribution is -2.36. The molecule has 0 atom stereocenters. The van der Waals surface area contributed by atoms with Crippen LogP contribution in [0.1, 0.15) is 36.0 Å². The monoisotopic (exact) mass is 365 g/mol. The number of hydrogen-bond donors (Lipinski definition) is 1. The zero-order chi connectivity index (χ0) is 18.9. The number of rotatable bonds is 9. The van der Waals surface area contributed by atoms with Crippen molar-refractivity contribution in [1.82, 2.24) is 4.90 Å². The lowest BCUT2D eigenvalue weighted by Gasteiger charge is -2.29. The summed E-state index contributed by atoms with van der Waals surface area (Å²) in [7, 11) is 0. The van der Waals surface area contributed by atoms with Gasteiger partial charge in [-0.05, 0) is 67.5 Å². The SMILES string of the molecule is C=CCc1ccc(OCc2ccccc2CCCN2CCC(O)CC2)cc1. The van der Waals surface area contributed by atoms with E-state index in [1.165, 1.54) is 16.7 Å². The summed E-state index contributed by atoms with van der Waals surface area (Å²) in [5, 5.41) is 9.62. The quantitative estimate of drug-likeness (QED) is 0.669. The third kappa shape index (κ3) is 6.23. The van der Waals surface area contributed by atoms with E-state index in [2.05, 4.69) is 47.9 Å². The van der Waals surface area contributed by atoms with Gasteiger partial charge in [0.2, 0.25) is 0 Å². The molecule has 0 unspecified atom stereocenters. The van der Waals surface area contributed by atoms with Gasteiger partial charge in [-0.25, -0.2) is 0 Å². The van der Waals surface area contributed by atoms with Crippen molar-refractivity contribution in [3.63, 3.8) is 0 Å². The van der Waals surface area contributed by atoms with Crippen molar-refractivity contribution < 1.29 is 9.84 Å². The molecule has 2 aromatic carbocycles. The fourth-order valence-electron chi connectivity index (χ4n) is 3.63. The van der Waals surface area contributed by atoms with Gasteiger partial charge in [0.05, 0.1) is 6.10 Å². The van der Waals surface area contributed by atoms with Crippen LogP contribution >= 0.6 is 0 Å². The van der Waals surface area contributed by atoms with Crippen LogP contribution in [0, 0.1) is 0 Å². The Morgan fingerprint density at radius 2 is 1.74 bits per heavy atom. The van der Waals surface area contributed by atoms with Crippen molar-refractivity contribution in [2.24, 2.45) is 0 Å². The third-order valence-corrected chi connectivity index (χ3v) is 5.29. The van der Waals surface area contributed by atoms with Crippen LogP contribution in [-0.4, -0.2) is 35.7 Å². The molecule has 3 heteroatoms. The summed E-state index contributed by atoms with van der Waals surface area (Å²) in [6.07, 6.45) is 6.74. The van der Waals surface area contributed by atoms with Gasteiger partial charge in [-0.2, -0.15) is 0 Å². The van der Waals surface area contributed by atoms with E-state index >= 15 is 0 Å². The number of ether oxygens (including phenoxy) is 1. The Morgan fingerprint density at radius 1 is 1.04 bits per heavy atom. The van der Waals surface area contributed by atoms with Gasteiger partial charge in [0.25, 0.3) is 0 Å². The molecule has 27 heavy (non-hydrogen) atoms. The van der Waals surface area contributed by atoms with Crippen molar-refractivity contribution >= 4 is 0 Å². The molecule has 0 aliphatic carbocycles. The number of hydrogen-bond acceptors (Lipinski definition) is 3. The zero-order valence-corrected chi connectivity index (χ0v) is 16.1. The van der Waals surface area contributed by atoms with E-state index < -0.39 is 0 Å². The lowest BCUT2D eigenvalue weighted by molar-refractivity contribution is 0.0821. The van der Waals surface area contributed by atoms with Crippen molar-refractivity contribution in [3.8, 4) is 5.75 Å². The maximum Gasteiger partial charge on any atom is 0.119 e. The molecule has 0 aromatic heterocycles. The Morgan fingerprint density at radius 3 is 2.44 bits per heavy atom. The molecule has 0 radical (unpaired) electrons. The molecule has 0 bridgehead atoms.